The molecule has 4 nitrogen and oxygen atoms in total. The molecule has 0 aliphatic rings. The molecule has 7 heteroatoms. The fourth-order valence-electron chi connectivity index (χ4n) is 1.55. The second-order valence-corrected chi connectivity index (χ2v) is 3.60. The van der Waals surface area contributed by atoms with E-state index < -0.39 is 23.4 Å². The van der Waals surface area contributed by atoms with Crippen molar-refractivity contribution in [3.63, 3.8) is 0 Å². The molecule has 1 rings (SSSR count). The summed E-state index contributed by atoms with van der Waals surface area (Å²) >= 11 is 0. The van der Waals surface area contributed by atoms with Gasteiger partial charge in [-0.15, -0.1) is 0 Å². The van der Waals surface area contributed by atoms with E-state index in [1.165, 1.54) is 37.3 Å². The molecule has 0 aromatic heterocycles. The molecule has 0 aliphatic carbocycles. The highest BCUT2D eigenvalue weighted by Gasteiger charge is 2.39. The minimum Gasteiger partial charge on any atom is -0.461 e. The molecule has 1 amide bonds. The van der Waals surface area contributed by atoms with E-state index in [0.29, 0.717) is 0 Å². The SMILES string of the molecule is CCOC(=O)/C(NC=O)=C(\c1ccccc1)C(F)(F)F. The molecule has 1 N–H and O–H groups in total. The zero-order valence-corrected chi connectivity index (χ0v) is 10.5. The summed E-state index contributed by atoms with van der Waals surface area (Å²) in [5.74, 6) is -1.24. The van der Waals surface area contributed by atoms with Gasteiger partial charge in [0.2, 0.25) is 6.41 Å². The lowest BCUT2D eigenvalue weighted by Crippen LogP contribution is -2.27. The smallest absolute Gasteiger partial charge is 0.419 e. The first-order valence-corrected chi connectivity index (χ1v) is 5.66. The number of alkyl halides is 3. The van der Waals surface area contributed by atoms with E-state index in [0.717, 1.165) is 0 Å². The van der Waals surface area contributed by atoms with Gasteiger partial charge in [-0.25, -0.2) is 4.79 Å². The predicted molar refractivity (Wildman–Crippen MR) is 65.2 cm³/mol. The number of carbonyl (C=O) groups is 2. The standard InChI is InChI=1S/C13H12F3NO3/c1-2-20-12(19)11(17-8-18)10(13(14,15)16)9-6-4-3-5-7-9/h3-8H,2H2,1H3,(H,17,18)/b11-10-. The van der Waals surface area contributed by atoms with Crippen LogP contribution in [0.3, 0.4) is 0 Å². The topological polar surface area (TPSA) is 55.4 Å². The molecule has 0 aliphatic heterocycles. The van der Waals surface area contributed by atoms with Crippen LogP contribution in [0.15, 0.2) is 36.0 Å². The van der Waals surface area contributed by atoms with Crippen LogP contribution < -0.4 is 5.32 Å². The van der Waals surface area contributed by atoms with Crippen LogP contribution in [-0.2, 0) is 14.3 Å². The van der Waals surface area contributed by atoms with Gasteiger partial charge in [0.1, 0.15) is 5.70 Å². The van der Waals surface area contributed by atoms with Crippen LogP contribution in [0, 0.1) is 0 Å². The molecule has 0 saturated carbocycles. The van der Waals surface area contributed by atoms with Crippen molar-refractivity contribution in [3.05, 3.63) is 41.6 Å². The third-order valence-electron chi connectivity index (χ3n) is 2.28. The summed E-state index contributed by atoms with van der Waals surface area (Å²) in [7, 11) is 0. The van der Waals surface area contributed by atoms with E-state index in [4.69, 9.17) is 0 Å². The Labute approximate surface area is 113 Å². The molecule has 108 valence electrons. The molecule has 0 radical (unpaired) electrons. The third kappa shape index (κ3) is 3.84. The van der Waals surface area contributed by atoms with Crippen LogP contribution in [0.1, 0.15) is 12.5 Å². The number of hydrogen-bond acceptors (Lipinski definition) is 3. The van der Waals surface area contributed by atoms with Gasteiger partial charge in [0.15, 0.2) is 0 Å². The fraction of sp³-hybridized carbons (Fsp3) is 0.231. The molecular formula is C13H12F3NO3. The summed E-state index contributed by atoms with van der Waals surface area (Å²) in [6.45, 7) is 1.34. The maximum atomic E-state index is 13.2. The number of ether oxygens (including phenoxy) is 1. The van der Waals surface area contributed by atoms with Gasteiger partial charge in [-0.3, -0.25) is 4.79 Å². The summed E-state index contributed by atoms with van der Waals surface area (Å²) in [6.07, 6.45) is -4.82. The highest BCUT2D eigenvalue weighted by Crippen LogP contribution is 2.35. The van der Waals surface area contributed by atoms with Gasteiger partial charge in [-0.2, -0.15) is 13.2 Å². The second-order valence-electron chi connectivity index (χ2n) is 3.60. The first-order valence-electron chi connectivity index (χ1n) is 5.66. The molecule has 0 saturated heterocycles. The van der Waals surface area contributed by atoms with E-state index in [9.17, 15) is 22.8 Å². The Morgan fingerprint density at radius 3 is 2.35 bits per heavy atom. The van der Waals surface area contributed by atoms with Gasteiger partial charge < -0.3 is 10.1 Å². The van der Waals surface area contributed by atoms with E-state index in [2.05, 4.69) is 4.74 Å². The lowest BCUT2D eigenvalue weighted by molar-refractivity contribution is -0.140. The average Bonchev–Trinajstić information content (AvgIpc) is 2.38. The number of allylic oxidation sites excluding steroid dienone is 1. The lowest BCUT2D eigenvalue weighted by Gasteiger charge is -2.16. The monoisotopic (exact) mass is 287 g/mol. The number of amides is 1. The molecular weight excluding hydrogens is 275 g/mol. The normalized spacial score (nSPS) is 12.4. The van der Waals surface area contributed by atoms with Crippen LogP contribution in [0.2, 0.25) is 0 Å². The van der Waals surface area contributed by atoms with Crippen molar-refractivity contribution >= 4 is 18.0 Å². The summed E-state index contributed by atoms with van der Waals surface area (Å²) in [5.41, 5.74) is -2.42. The molecule has 0 bridgehead atoms. The molecule has 0 fully saturated rings. The molecule has 20 heavy (non-hydrogen) atoms. The van der Waals surface area contributed by atoms with Crippen molar-refractivity contribution in [2.45, 2.75) is 13.1 Å². The molecule has 1 aromatic rings. The first-order chi connectivity index (χ1) is 9.41. The average molecular weight is 287 g/mol. The minimum atomic E-state index is -4.82. The molecule has 0 spiro atoms. The van der Waals surface area contributed by atoms with Crippen LogP contribution >= 0.6 is 0 Å². The van der Waals surface area contributed by atoms with E-state index in [1.54, 1.807) is 5.32 Å². The van der Waals surface area contributed by atoms with Crippen LogP contribution in [0.4, 0.5) is 13.2 Å². The maximum absolute atomic E-state index is 13.2. The first kappa shape index (κ1) is 15.7. The van der Waals surface area contributed by atoms with Gasteiger partial charge in [0, 0.05) is 0 Å². The van der Waals surface area contributed by atoms with Crippen molar-refractivity contribution < 1.29 is 27.5 Å². The van der Waals surface area contributed by atoms with Crippen LogP contribution in [-0.4, -0.2) is 25.2 Å². The van der Waals surface area contributed by atoms with Crippen molar-refractivity contribution in [2.24, 2.45) is 0 Å². The van der Waals surface area contributed by atoms with E-state index in [-0.39, 0.29) is 18.6 Å². The minimum absolute atomic E-state index is 0.000926. The zero-order chi connectivity index (χ0) is 15.2. The zero-order valence-electron chi connectivity index (χ0n) is 10.5. The van der Waals surface area contributed by atoms with Gasteiger partial charge in [0.05, 0.1) is 12.2 Å². The van der Waals surface area contributed by atoms with Crippen molar-refractivity contribution in [2.75, 3.05) is 6.61 Å². The van der Waals surface area contributed by atoms with E-state index in [1.807, 2.05) is 0 Å². The van der Waals surface area contributed by atoms with Gasteiger partial charge in [0.25, 0.3) is 0 Å². The third-order valence-corrected chi connectivity index (χ3v) is 2.28. The number of rotatable bonds is 5. The van der Waals surface area contributed by atoms with Crippen molar-refractivity contribution in [3.8, 4) is 0 Å². The quantitative estimate of drug-likeness (QED) is 0.513. The number of esters is 1. The Morgan fingerprint density at radius 2 is 1.90 bits per heavy atom. The Balaban J connectivity index is 3.47. The maximum Gasteiger partial charge on any atom is 0.419 e. The Kier molecular flexibility index (Phi) is 5.31. The van der Waals surface area contributed by atoms with Crippen molar-refractivity contribution in [1.82, 2.24) is 5.32 Å². The Bertz CT molecular complexity index is 509. The molecule has 1 aromatic carbocycles. The number of carbonyl (C=O) groups excluding carboxylic acids is 2. The molecule has 0 unspecified atom stereocenters. The predicted octanol–water partition coefficient (Wildman–Crippen LogP) is 2.27. The fourth-order valence-corrected chi connectivity index (χ4v) is 1.55. The number of halogens is 3. The van der Waals surface area contributed by atoms with Crippen molar-refractivity contribution in [1.29, 1.82) is 0 Å². The van der Waals surface area contributed by atoms with Gasteiger partial charge >= 0.3 is 12.1 Å². The molecule has 0 atom stereocenters. The largest absolute Gasteiger partial charge is 0.461 e. The van der Waals surface area contributed by atoms with Gasteiger partial charge in [-0.05, 0) is 12.5 Å². The Morgan fingerprint density at radius 1 is 1.30 bits per heavy atom. The molecule has 0 heterocycles. The highest BCUT2D eigenvalue weighted by molar-refractivity contribution is 6.00. The highest BCUT2D eigenvalue weighted by atomic mass is 19.4. The van der Waals surface area contributed by atoms with Crippen LogP contribution in [0.25, 0.3) is 5.57 Å². The summed E-state index contributed by atoms with van der Waals surface area (Å²) in [4.78, 5) is 22.1. The summed E-state index contributed by atoms with van der Waals surface area (Å²) in [6, 6.07) is 6.70. The number of nitrogens with one attached hydrogen (secondary N) is 1. The summed E-state index contributed by atoms with van der Waals surface area (Å²) < 4.78 is 44.0. The number of benzene rings is 1. The van der Waals surface area contributed by atoms with E-state index >= 15 is 0 Å². The van der Waals surface area contributed by atoms with Crippen LogP contribution in [0.5, 0.6) is 0 Å². The summed E-state index contributed by atoms with van der Waals surface area (Å²) in [5, 5.41) is 1.78. The number of hydrogen-bond donors (Lipinski definition) is 1. The van der Waals surface area contributed by atoms with Gasteiger partial charge in [-0.1, -0.05) is 30.3 Å². The Hall–Kier alpha value is -2.31. The lowest BCUT2D eigenvalue weighted by atomic mass is 10.0. The second kappa shape index (κ2) is 6.74.